The van der Waals surface area contributed by atoms with Gasteiger partial charge in [0, 0.05) is 0 Å². The number of esters is 1. The monoisotopic (exact) mass is 326 g/mol. The van der Waals surface area contributed by atoms with Crippen LogP contribution in [-0.2, 0) is 11.2 Å². The molecule has 1 unspecified atom stereocenters. The van der Waals surface area contributed by atoms with Crippen LogP contribution in [0.15, 0.2) is 42.5 Å². The van der Waals surface area contributed by atoms with Crippen molar-refractivity contribution < 1.29 is 23.8 Å². The lowest BCUT2D eigenvalue weighted by Crippen LogP contribution is -2.29. The van der Waals surface area contributed by atoms with Crippen LogP contribution in [-0.4, -0.2) is 32.6 Å². The Bertz CT molecular complexity index is 781. The normalized spacial score (nSPS) is 16.1. The fourth-order valence-corrected chi connectivity index (χ4v) is 2.82. The number of carbonyl (C=O) groups is 2. The minimum atomic E-state index is -0.391. The van der Waals surface area contributed by atoms with Gasteiger partial charge in [-0.3, -0.25) is 4.79 Å². The zero-order chi connectivity index (χ0) is 17.1. The second-order valence-corrected chi connectivity index (χ2v) is 5.63. The average molecular weight is 326 g/mol. The topological polar surface area (TPSA) is 61.8 Å². The maximum absolute atomic E-state index is 12.7. The quantitative estimate of drug-likeness (QED) is 0.809. The maximum atomic E-state index is 12.7. The molecular weight excluding hydrogens is 308 g/mol. The standard InChI is InChI=1S/C19H18O5/c1-22-15-6-7-17-16(10-15)18(20)14(11-24-17)9-12-4-3-5-13(8-12)19(21)23-2/h3-8,10,14H,9,11H2,1-2H3. The van der Waals surface area contributed by atoms with Crippen molar-refractivity contribution in [2.45, 2.75) is 6.42 Å². The van der Waals surface area contributed by atoms with Crippen LogP contribution >= 0.6 is 0 Å². The molecule has 0 saturated heterocycles. The average Bonchev–Trinajstić information content (AvgIpc) is 2.63. The highest BCUT2D eigenvalue weighted by Crippen LogP contribution is 2.32. The number of carbonyl (C=O) groups excluding carboxylic acids is 2. The Morgan fingerprint density at radius 2 is 2.04 bits per heavy atom. The van der Waals surface area contributed by atoms with Crippen LogP contribution < -0.4 is 9.47 Å². The van der Waals surface area contributed by atoms with Crippen molar-refractivity contribution in [3.63, 3.8) is 0 Å². The number of benzene rings is 2. The predicted molar refractivity (Wildman–Crippen MR) is 87.8 cm³/mol. The van der Waals surface area contributed by atoms with Gasteiger partial charge in [0.2, 0.25) is 0 Å². The van der Waals surface area contributed by atoms with E-state index in [0.29, 0.717) is 35.7 Å². The van der Waals surface area contributed by atoms with Gasteiger partial charge in [0.15, 0.2) is 5.78 Å². The number of methoxy groups -OCH3 is 2. The minimum Gasteiger partial charge on any atom is -0.497 e. The van der Waals surface area contributed by atoms with Gasteiger partial charge in [-0.25, -0.2) is 4.79 Å². The Morgan fingerprint density at radius 3 is 2.79 bits per heavy atom. The molecule has 3 rings (SSSR count). The van der Waals surface area contributed by atoms with E-state index < -0.39 is 5.97 Å². The van der Waals surface area contributed by atoms with E-state index in [1.165, 1.54) is 7.11 Å². The molecule has 2 aromatic rings. The third kappa shape index (κ3) is 3.11. The van der Waals surface area contributed by atoms with Crippen LogP contribution in [0.25, 0.3) is 0 Å². The Balaban J connectivity index is 1.81. The van der Waals surface area contributed by atoms with Crippen molar-refractivity contribution in [2.75, 3.05) is 20.8 Å². The van der Waals surface area contributed by atoms with Crippen molar-refractivity contribution in [1.29, 1.82) is 0 Å². The molecule has 0 bridgehead atoms. The number of rotatable bonds is 4. The summed E-state index contributed by atoms with van der Waals surface area (Å²) in [5, 5.41) is 0. The largest absolute Gasteiger partial charge is 0.497 e. The molecule has 0 saturated carbocycles. The number of fused-ring (bicyclic) bond motifs is 1. The van der Waals surface area contributed by atoms with Gasteiger partial charge in [0.1, 0.15) is 11.5 Å². The third-order valence-electron chi connectivity index (χ3n) is 4.09. The minimum absolute atomic E-state index is 0.0265. The van der Waals surface area contributed by atoms with Gasteiger partial charge in [-0.2, -0.15) is 0 Å². The van der Waals surface area contributed by atoms with E-state index in [1.807, 2.05) is 6.07 Å². The molecule has 0 fully saturated rings. The molecule has 1 heterocycles. The van der Waals surface area contributed by atoms with Gasteiger partial charge in [0.05, 0.1) is 37.9 Å². The Hall–Kier alpha value is -2.82. The molecule has 5 heteroatoms. The Labute approximate surface area is 140 Å². The molecule has 0 N–H and O–H groups in total. The van der Waals surface area contributed by atoms with Crippen molar-refractivity contribution in [2.24, 2.45) is 5.92 Å². The highest BCUT2D eigenvalue weighted by atomic mass is 16.5. The first-order chi connectivity index (χ1) is 11.6. The summed E-state index contributed by atoms with van der Waals surface area (Å²) in [5.41, 5.74) is 1.90. The van der Waals surface area contributed by atoms with Crippen LogP contribution in [0.5, 0.6) is 11.5 Å². The second kappa shape index (κ2) is 6.74. The maximum Gasteiger partial charge on any atom is 0.337 e. The number of ether oxygens (including phenoxy) is 3. The fraction of sp³-hybridized carbons (Fsp3) is 0.263. The lowest BCUT2D eigenvalue weighted by molar-refractivity contribution is 0.0600. The van der Waals surface area contributed by atoms with Crippen molar-refractivity contribution in [3.8, 4) is 11.5 Å². The smallest absolute Gasteiger partial charge is 0.337 e. The van der Waals surface area contributed by atoms with Gasteiger partial charge in [-0.15, -0.1) is 0 Å². The van der Waals surface area contributed by atoms with Crippen molar-refractivity contribution in [1.82, 2.24) is 0 Å². The first kappa shape index (κ1) is 16.1. The summed E-state index contributed by atoms with van der Waals surface area (Å²) < 4.78 is 15.6. The summed E-state index contributed by atoms with van der Waals surface area (Å²) in [6.07, 6.45) is 0.500. The highest BCUT2D eigenvalue weighted by molar-refractivity contribution is 6.01. The van der Waals surface area contributed by atoms with Crippen molar-refractivity contribution >= 4 is 11.8 Å². The van der Waals surface area contributed by atoms with Crippen molar-refractivity contribution in [3.05, 3.63) is 59.2 Å². The highest BCUT2D eigenvalue weighted by Gasteiger charge is 2.29. The molecule has 1 aliphatic heterocycles. The lowest BCUT2D eigenvalue weighted by atomic mass is 9.89. The first-order valence-corrected chi connectivity index (χ1v) is 7.64. The summed E-state index contributed by atoms with van der Waals surface area (Å²) in [7, 11) is 2.91. The number of Topliss-reactive ketones (excluding diaryl/α,β-unsaturated/α-hetero) is 1. The number of ketones is 1. The van der Waals surface area contributed by atoms with Gasteiger partial charge < -0.3 is 14.2 Å². The van der Waals surface area contributed by atoms with E-state index in [2.05, 4.69) is 0 Å². The molecule has 124 valence electrons. The molecule has 0 radical (unpaired) electrons. The molecule has 0 aromatic heterocycles. The van der Waals surface area contributed by atoms with E-state index in [0.717, 1.165) is 5.56 Å². The summed E-state index contributed by atoms with van der Waals surface area (Å²) in [5.74, 6) is 0.550. The molecule has 0 amide bonds. The van der Waals surface area contributed by atoms with Crippen LogP contribution in [0.1, 0.15) is 26.3 Å². The molecule has 0 spiro atoms. The van der Waals surface area contributed by atoms with Crippen LogP contribution in [0.2, 0.25) is 0 Å². The fourth-order valence-electron chi connectivity index (χ4n) is 2.82. The molecule has 1 aliphatic rings. The Morgan fingerprint density at radius 1 is 1.21 bits per heavy atom. The number of hydrogen-bond donors (Lipinski definition) is 0. The van der Waals surface area contributed by atoms with E-state index in [9.17, 15) is 9.59 Å². The zero-order valence-corrected chi connectivity index (χ0v) is 13.6. The number of hydrogen-bond acceptors (Lipinski definition) is 5. The predicted octanol–water partition coefficient (Wildman–Crippen LogP) is 2.92. The third-order valence-corrected chi connectivity index (χ3v) is 4.09. The Kier molecular flexibility index (Phi) is 4.51. The first-order valence-electron chi connectivity index (χ1n) is 7.64. The van der Waals surface area contributed by atoms with Gasteiger partial charge in [0.25, 0.3) is 0 Å². The summed E-state index contributed by atoms with van der Waals surface area (Å²) in [6.45, 7) is 0.320. The molecule has 2 aromatic carbocycles. The van der Waals surface area contributed by atoms with Gasteiger partial charge in [-0.1, -0.05) is 12.1 Å². The summed E-state index contributed by atoms with van der Waals surface area (Å²) >= 11 is 0. The molecule has 1 atom stereocenters. The molecule has 24 heavy (non-hydrogen) atoms. The van der Waals surface area contributed by atoms with E-state index in [4.69, 9.17) is 14.2 Å². The van der Waals surface area contributed by atoms with Crippen LogP contribution in [0, 0.1) is 5.92 Å². The van der Waals surface area contributed by atoms with Crippen LogP contribution in [0.3, 0.4) is 0 Å². The second-order valence-electron chi connectivity index (χ2n) is 5.63. The van der Waals surface area contributed by atoms with E-state index in [-0.39, 0.29) is 11.7 Å². The van der Waals surface area contributed by atoms with Gasteiger partial charge >= 0.3 is 5.97 Å². The van der Waals surface area contributed by atoms with Crippen LogP contribution in [0.4, 0.5) is 0 Å². The molecular formula is C19H18O5. The van der Waals surface area contributed by atoms with Gasteiger partial charge in [-0.05, 0) is 42.3 Å². The zero-order valence-electron chi connectivity index (χ0n) is 13.6. The molecule has 0 aliphatic carbocycles. The summed E-state index contributed by atoms with van der Waals surface area (Å²) in [6, 6.07) is 12.3. The molecule has 5 nitrogen and oxygen atoms in total. The van der Waals surface area contributed by atoms with E-state index >= 15 is 0 Å². The SMILES string of the molecule is COC(=O)c1cccc(CC2COc3ccc(OC)cc3C2=O)c1. The lowest BCUT2D eigenvalue weighted by Gasteiger charge is -2.24. The van der Waals surface area contributed by atoms with E-state index in [1.54, 1.807) is 43.5 Å². The summed E-state index contributed by atoms with van der Waals surface area (Å²) in [4.78, 5) is 24.4.